The average Bonchev–Trinajstić information content (AvgIpc) is 3.31. The van der Waals surface area contributed by atoms with Gasteiger partial charge in [-0.2, -0.15) is 0 Å². The third-order valence-electron chi connectivity index (χ3n) is 14.2. The first kappa shape index (κ1) is 66.4. The van der Waals surface area contributed by atoms with Crippen LogP contribution in [0.4, 0.5) is 0 Å². The van der Waals surface area contributed by atoms with E-state index < -0.39 is 6.10 Å². The van der Waals surface area contributed by atoms with Gasteiger partial charge < -0.3 is 14.2 Å². The fraction of sp³-hybridized carbons (Fsp3) is 0.952. The van der Waals surface area contributed by atoms with Crippen molar-refractivity contribution in [2.45, 2.75) is 355 Å². The molecule has 0 aliphatic heterocycles. The standard InChI is InChI=1S/C62H120O6/c1-6-7-8-9-10-11-12-13-14-15-19-23-26-29-32-39-44-49-54-62(65)68-59(56-67-61(64)53-48-43-38-34-33-36-41-46-51-58(4)5)55-66-60(63)52-47-42-37-31-28-25-22-20-17-16-18-21-24-27-30-35-40-45-50-57(2)3/h57-59H,6-56H2,1-5H3/t59-/m0/s1. The highest BCUT2D eigenvalue weighted by Gasteiger charge is 2.19. The molecular weight excluding hydrogens is 841 g/mol. The Bertz CT molecular complexity index is 1040. The SMILES string of the molecule is CCCCCCCCCCCCCCCCCCCCC(=O)O[C@@H](COC(=O)CCCCCCCCCCCCCCCCCCCCC(C)C)COC(=O)CCCCCCCCCCC(C)C. The van der Waals surface area contributed by atoms with Crippen molar-refractivity contribution in [3.63, 3.8) is 0 Å². The highest BCUT2D eigenvalue weighted by Crippen LogP contribution is 2.19. The maximum absolute atomic E-state index is 12.9. The first-order valence-electron chi connectivity index (χ1n) is 30.7. The van der Waals surface area contributed by atoms with Gasteiger partial charge in [0.1, 0.15) is 13.2 Å². The van der Waals surface area contributed by atoms with E-state index in [1.54, 1.807) is 0 Å². The van der Waals surface area contributed by atoms with Crippen LogP contribution in [0.25, 0.3) is 0 Å². The lowest BCUT2D eigenvalue weighted by molar-refractivity contribution is -0.167. The first-order chi connectivity index (χ1) is 33.2. The van der Waals surface area contributed by atoms with Gasteiger partial charge in [0.15, 0.2) is 6.10 Å². The van der Waals surface area contributed by atoms with Crippen molar-refractivity contribution in [3.05, 3.63) is 0 Å². The molecule has 0 saturated heterocycles. The Morgan fingerprint density at radius 2 is 0.485 bits per heavy atom. The van der Waals surface area contributed by atoms with Crippen molar-refractivity contribution in [1.82, 2.24) is 0 Å². The Hall–Kier alpha value is -1.59. The molecule has 0 heterocycles. The number of unbranched alkanes of at least 4 members (excludes halogenated alkanes) is 41. The zero-order valence-corrected chi connectivity index (χ0v) is 46.7. The van der Waals surface area contributed by atoms with Gasteiger partial charge in [-0.3, -0.25) is 14.4 Å². The maximum Gasteiger partial charge on any atom is 0.306 e. The molecule has 0 rings (SSSR count). The first-order valence-corrected chi connectivity index (χ1v) is 30.7. The van der Waals surface area contributed by atoms with E-state index in [9.17, 15) is 14.4 Å². The molecule has 0 aromatic carbocycles. The second-order valence-electron chi connectivity index (χ2n) is 22.3. The van der Waals surface area contributed by atoms with E-state index in [1.807, 2.05) is 0 Å². The zero-order valence-electron chi connectivity index (χ0n) is 46.7. The summed E-state index contributed by atoms with van der Waals surface area (Å²) in [7, 11) is 0. The minimum Gasteiger partial charge on any atom is -0.462 e. The number of carbonyl (C=O) groups is 3. The summed E-state index contributed by atoms with van der Waals surface area (Å²) in [4.78, 5) is 38.2. The van der Waals surface area contributed by atoms with Crippen LogP contribution in [0.5, 0.6) is 0 Å². The van der Waals surface area contributed by atoms with Crippen LogP contribution in [0.15, 0.2) is 0 Å². The van der Waals surface area contributed by atoms with Gasteiger partial charge in [0.05, 0.1) is 0 Å². The monoisotopic (exact) mass is 961 g/mol. The van der Waals surface area contributed by atoms with Crippen molar-refractivity contribution in [2.24, 2.45) is 11.8 Å². The minimum absolute atomic E-state index is 0.0627. The number of hydrogen-bond donors (Lipinski definition) is 0. The Balaban J connectivity index is 4.22. The summed E-state index contributed by atoms with van der Waals surface area (Å²) in [6.45, 7) is 11.4. The fourth-order valence-electron chi connectivity index (χ4n) is 9.58. The summed E-state index contributed by atoms with van der Waals surface area (Å²) >= 11 is 0. The molecular formula is C62H120O6. The van der Waals surface area contributed by atoms with Crippen molar-refractivity contribution in [1.29, 1.82) is 0 Å². The van der Waals surface area contributed by atoms with Gasteiger partial charge in [-0.25, -0.2) is 0 Å². The van der Waals surface area contributed by atoms with Crippen LogP contribution in [0.1, 0.15) is 349 Å². The topological polar surface area (TPSA) is 78.9 Å². The fourth-order valence-corrected chi connectivity index (χ4v) is 9.58. The molecule has 1 atom stereocenters. The second kappa shape index (κ2) is 54.7. The second-order valence-corrected chi connectivity index (χ2v) is 22.3. The van der Waals surface area contributed by atoms with Crippen molar-refractivity contribution in [3.8, 4) is 0 Å². The molecule has 6 nitrogen and oxygen atoms in total. The van der Waals surface area contributed by atoms with E-state index >= 15 is 0 Å². The highest BCUT2D eigenvalue weighted by atomic mass is 16.6. The van der Waals surface area contributed by atoms with Crippen LogP contribution in [0.3, 0.4) is 0 Å². The van der Waals surface area contributed by atoms with Crippen LogP contribution >= 0.6 is 0 Å². The molecule has 0 aromatic rings. The van der Waals surface area contributed by atoms with Crippen molar-refractivity contribution >= 4 is 17.9 Å². The van der Waals surface area contributed by atoms with E-state index in [1.165, 1.54) is 238 Å². The Morgan fingerprint density at radius 3 is 0.721 bits per heavy atom. The average molecular weight is 962 g/mol. The van der Waals surface area contributed by atoms with Crippen LogP contribution in [0, 0.1) is 11.8 Å². The maximum atomic E-state index is 12.9. The Labute approximate surface area is 425 Å². The number of carbonyl (C=O) groups excluding carboxylic acids is 3. The van der Waals surface area contributed by atoms with Gasteiger partial charge in [-0.05, 0) is 31.1 Å². The minimum atomic E-state index is -0.763. The lowest BCUT2D eigenvalue weighted by Gasteiger charge is -2.18. The van der Waals surface area contributed by atoms with Crippen LogP contribution in [-0.2, 0) is 28.6 Å². The summed E-state index contributed by atoms with van der Waals surface area (Å²) in [5.74, 6) is 0.818. The van der Waals surface area contributed by atoms with Gasteiger partial charge in [0, 0.05) is 19.3 Å². The molecule has 0 aliphatic carbocycles. The predicted octanol–water partition coefficient (Wildman–Crippen LogP) is 20.4. The molecule has 68 heavy (non-hydrogen) atoms. The summed E-state index contributed by atoms with van der Waals surface area (Å²) in [6.07, 6.45) is 59.7. The third-order valence-corrected chi connectivity index (χ3v) is 14.2. The van der Waals surface area contributed by atoms with Gasteiger partial charge >= 0.3 is 17.9 Å². The normalized spacial score (nSPS) is 12.0. The largest absolute Gasteiger partial charge is 0.462 e. The molecule has 0 saturated carbocycles. The summed E-state index contributed by atoms with van der Waals surface area (Å²) < 4.78 is 16.9. The van der Waals surface area contributed by atoms with Crippen LogP contribution in [0.2, 0.25) is 0 Å². The number of esters is 3. The van der Waals surface area contributed by atoms with Crippen molar-refractivity contribution in [2.75, 3.05) is 13.2 Å². The number of rotatable bonds is 56. The summed E-state index contributed by atoms with van der Waals surface area (Å²) in [6, 6.07) is 0. The van der Waals surface area contributed by atoms with E-state index in [0.29, 0.717) is 19.3 Å². The molecule has 0 aromatic heterocycles. The predicted molar refractivity (Wildman–Crippen MR) is 293 cm³/mol. The molecule has 6 heteroatoms. The zero-order chi connectivity index (χ0) is 49.6. The van der Waals surface area contributed by atoms with Crippen molar-refractivity contribution < 1.29 is 28.6 Å². The third kappa shape index (κ3) is 55.3. The summed E-state index contributed by atoms with van der Waals surface area (Å²) in [5, 5.41) is 0. The molecule has 0 aliphatic rings. The van der Waals surface area contributed by atoms with Gasteiger partial charge in [-0.1, -0.05) is 311 Å². The van der Waals surface area contributed by atoms with E-state index in [-0.39, 0.29) is 31.1 Å². The lowest BCUT2D eigenvalue weighted by Crippen LogP contribution is -2.30. The van der Waals surface area contributed by atoms with E-state index in [0.717, 1.165) is 69.6 Å². The Morgan fingerprint density at radius 1 is 0.279 bits per heavy atom. The molecule has 0 spiro atoms. The smallest absolute Gasteiger partial charge is 0.306 e. The molecule has 404 valence electrons. The van der Waals surface area contributed by atoms with Crippen LogP contribution < -0.4 is 0 Å². The molecule has 0 radical (unpaired) electrons. The Kier molecular flexibility index (Phi) is 53.5. The number of hydrogen-bond acceptors (Lipinski definition) is 6. The quantitative estimate of drug-likeness (QED) is 0.0343. The summed E-state index contributed by atoms with van der Waals surface area (Å²) in [5.41, 5.74) is 0. The number of ether oxygens (including phenoxy) is 3. The highest BCUT2D eigenvalue weighted by molar-refractivity contribution is 5.71. The van der Waals surface area contributed by atoms with Gasteiger partial charge in [-0.15, -0.1) is 0 Å². The van der Waals surface area contributed by atoms with E-state index in [2.05, 4.69) is 34.6 Å². The molecule has 0 fully saturated rings. The van der Waals surface area contributed by atoms with Gasteiger partial charge in [0.2, 0.25) is 0 Å². The molecule has 0 bridgehead atoms. The molecule has 0 N–H and O–H groups in total. The van der Waals surface area contributed by atoms with Crippen LogP contribution in [-0.4, -0.2) is 37.2 Å². The van der Waals surface area contributed by atoms with E-state index in [4.69, 9.17) is 14.2 Å². The molecule has 0 unspecified atom stereocenters. The lowest BCUT2D eigenvalue weighted by atomic mass is 10.0. The molecule has 0 amide bonds. The van der Waals surface area contributed by atoms with Gasteiger partial charge in [0.25, 0.3) is 0 Å².